The van der Waals surface area contributed by atoms with Gasteiger partial charge in [0.2, 0.25) is 0 Å². The maximum Gasteiger partial charge on any atom is 0.00668 e. The van der Waals surface area contributed by atoms with Crippen LogP contribution in [0.3, 0.4) is 0 Å². The van der Waals surface area contributed by atoms with Crippen molar-refractivity contribution >= 4 is 0 Å². The van der Waals surface area contributed by atoms with Crippen molar-refractivity contribution in [3.8, 4) is 0 Å². The Balaban J connectivity index is 1.84. The molecule has 0 spiro atoms. The average Bonchev–Trinajstić information content (AvgIpc) is 2.71. The van der Waals surface area contributed by atoms with Crippen LogP contribution in [0.4, 0.5) is 0 Å². The first-order valence-corrected chi connectivity index (χ1v) is 6.07. The first-order chi connectivity index (χ1) is 6.40. The molecule has 2 unspecified atom stereocenters. The molecule has 2 aliphatic rings. The second-order valence-electron chi connectivity index (χ2n) is 4.96. The summed E-state index contributed by atoms with van der Waals surface area (Å²) in [7, 11) is 2.13. The highest BCUT2D eigenvalue weighted by Gasteiger charge is 2.29. The minimum absolute atomic E-state index is 0.833. The molecular weight excluding hydrogens is 158 g/mol. The van der Waals surface area contributed by atoms with Gasteiger partial charge in [0.1, 0.15) is 0 Å². The summed E-state index contributed by atoms with van der Waals surface area (Å²) in [5, 5.41) is 3.46. The molecule has 0 heterocycles. The molecule has 13 heavy (non-hydrogen) atoms. The Morgan fingerprint density at radius 2 is 1.54 bits per heavy atom. The molecule has 0 saturated heterocycles. The second-order valence-corrected chi connectivity index (χ2v) is 4.96. The van der Waals surface area contributed by atoms with E-state index in [1.165, 1.54) is 51.4 Å². The van der Waals surface area contributed by atoms with Crippen LogP contribution in [-0.2, 0) is 0 Å². The number of hydrogen-bond donors (Lipinski definition) is 1. The Kier molecular flexibility index (Phi) is 3.26. The molecule has 2 aliphatic carbocycles. The smallest absolute Gasteiger partial charge is 0.00668 e. The van der Waals surface area contributed by atoms with E-state index in [1.54, 1.807) is 0 Å². The van der Waals surface area contributed by atoms with Crippen molar-refractivity contribution < 1.29 is 0 Å². The maximum atomic E-state index is 3.46. The quantitative estimate of drug-likeness (QED) is 0.690. The number of hydrogen-bond acceptors (Lipinski definition) is 1. The predicted molar refractivity (Wildman–Crippen MR) is 56.8 cm³/mol. The highest BCUT2D eigenvalue weighted by atomic mass is 14.9. The molecule has 0 aromatic carbocycles. The van der Waals surface area contributed by atoms with E-state index in [-0.39, 0.29) is 0 Å². The Morgan fingerprint density at radius 1 is 0.846 bits per heavy atom. The van der Waals surface area contributed by atoms with Gasteiger partial charge in [-0.25, -0.2) is 0 Å². The van der Waals surface area contributed by atoms with Gasteiger partial charge in [0.25, 0.3) is 0 Å². The first kappa shape index (κ1) is 9.51. The lowest BCUT2D eigenvalue weighted by atomic mass is 9.77. The Bertz CT molecular complexity index is 149. The van der Waals surface area contributed by atoms with Gasteiger partial charge < -0.3 is 5.32 Å². The largest absolute Gasteiger partial charge is 0.317 e. The lowest BCUT2D eigenvalue weighted by molar-refractivity contribution is 0.217. The molecule has 76 valence electrons. The summed E-state index contributed by atoms with van der Waals surface area (Å²) >= 11 is 0. The summed E-state index contributed by atoms with van der Waals surface area (Å²) in [6.45, 7) is 0. The van der Waals surface area contributed by atoms with Crippen molar-refractivity contribution in [3.63, 3.8) is 0 Å². The summed E-state index contributed by atoms with van der Waals surface area (Å²) < 4.78 is 0. The Hall–Kier alpha value is -0.0400. The Morgan fingerprint density at radius 3 is 2.23 bits per heavy atom. The number of nitrogens with one attached hydrogen (secondary N) is 1. The van der Waals surface area contributed by atoms with Crippen molar-refractivity contribution in [2.24, 2.45) is 11.8 Å². The van der Waals surface area contributed by atoms with Crippen LogP contribution in [0, 0.1) is 11.8 Å². The van der Waals surface area contributed by atoms with E-state index in [0.29, 0.717) is 0 Å². The van der Waals surface area contributed by atoms with Crippen LogP contribution in [-0.4, -0.2) is 13.1 Å². The zero-order chi connectivity index (χ0) is 9.10. The van der Waals surface area contributed by atoms with Gasteiger partial charge in [0.15, 0.2) is 0 Å². The minimum atomic E-state index is 0.833. The maximum absolute atomic E-state index is 3.46. The van der Waals surface area contributed by atoms with Crippen LogP contribution in [0.25, 0.3) is 0 Å². The van der Waals surface area contributed by atoms with Crippen molar-refractivity contribution in [2.75, 3.05) is 7.05 Å². The van der Waals surface area contributed by atoms with E-state index >= 15 is 0 Å². The zero-order valence-electron chi connectivity index (χ0n) is 8.89. The fourth-order valence-electron chi connectivity index (χ4n) is 3.35. The van der Waals surface area contributed by atoms with Crippen LogP contribution in [0.2, 0.25) is 0 Å². The normalized spacial score (nSPS) is 36.7. The minimum Gasteiger partial charge on any atom is -0.317 e. The molecule has 2 atom stereocenters. The van der Waals surface area contributed by atoms with Gasteiger partial charge in [0, 0.05) is 6.04 Å². The fraction of sp³-hybridized carbons (Fsp3) is 1.00. The topological polar surface area (TPSA) is 12.0 Å². The van der Waals surface area contributed by atoms with E-state index in [9.17, 15) is 0 Å². The zero-order valence-corrected chi connectivity index (χ0v) is 8.89. The fourth-order valence-corrected chi connectivity index (χ4v) is 3.35. The summed E-state index contributed by atoms with van der Waals surface area (Å²) in [6.07, 6.45) is 11.9. The third-order valence-electron chi connectivity index (χ3n) is 4.19. The van der Waals surface area contributed by atoms with Crippen molar-refractivity contribution in [3.05, 3.63) is 0 Å². The summed E-state index contributed by atoms with van der Waals surface area (Å²) in [6, 6.07) is 0.833. The van der Waals surface area contributed by atoms with Gasteiger partial charge >= 0.3 is 0 Å². The van der Waals surface area contributed by atoms with Crippen molar-refractivity contribution in [2.45, 2.75) is 57.4 Å². The van der Waals surface area contributed by atoms with E-state index in [1.807, 2.05) is 0 Å². The van der Waals surface area contributed by atoms with Gasteiger partial charge in [-0.15, -0.1) is 0 Å². The SMILES string of the molecule is CNC1CCCC(C2CCCC2)C1. The van der Waals surface area contributed by atoms with Gasteiger partial charge in [-0.1, -0.05) is 38.5 Å². The average molecular weight is 181 g/mol. The molecule has 0 aliphatic heterocycles. The second kappa shape index (κ2) is 4.45. The highest BCUT2D eigenvalue weighted by Crippen LogP contribution is 2.39. The van der Waals surface area contributed by atoms with Gasteiger partial charge in [0.05, 0.1) is 0 Å². The van der Waals surface area contributed by atoms with E-state index < -0.39 is 0 Å². The molecule has 0 aromatic rings. The third kappa shape index (κ3) is 2.25. The Labute approximate surface area is 82.3 Å². The molecule has 2 saturated carbocycles. The van der Waals surface area contributed by atoms with E-state index in [2.05, 4.69) is 12.4 Å². The lowest BCUT2D eigenvalue weighted by Crippen LogP contribution is -2.33. The van der Waals surface area contributed by atoms with Crippen molar-refractivity contribution in [1.29, 1.82) is 0 Å². The molecule has 1 heteroatoms. The standard InChI is InChI=1S/C12H23N/c1-13-12-8-4-7-11(9-12)10-5-2-3-6-10/h10-13H,2-9H2,1H3. The van der Waals surface area contributed by atoms with Crippen LogP contribution in [0.1, 0.15) is 51.4 Å². The van der Waals surface area contributed by atoms with Crippen molar-refractivity contribution in [1.82, 2.24) is 5.32 Å². The lowest BCUT2D eigenvalue weighted by Gasteiger charge is -2.32. The molecule has 0 bridgehead atoms. The van der Waals surface area contributed by atoms with Gasteiger partial charge in [-0.05, 0) is 31.7 Å². The molecular formula is C12H23N. The van der Waals surface area contributed by atoms with E-state index in [0.717, 1.165) is 17.9 Å². The van der Waals surface area contributed by atoms with Crippen LogP contribution in [0.15, 0.2) is 0 Å². The van der Waals surface area contributed by atoms with Crippen LogP contribution < -0.4 is 5.32 Å². The summed E-state index contributed by atoms with van der Waals surface area (Å²) in [4.78, 5) is 0. The molecule has 1 N–H and O–H groups in total. The van der Waals surface area contributed by atoms with Gasteiger partial charge in [-0.2, -0.15) is 0 Å². The molecule has 0 amide bonds. The monoisotopic (exact) mass is 181 g/mol. The molecule has 2 rings (SSSR count). The predicted octanol–water partition coefficient (Wildman–Crippen LogP) is 2.95. The molecule has 0 radical (unpaired) electrons. The molecule has 1 nitrogen and oxygen atoms in total. The van der Waals surface area contributed by atoms with Crippen LogP contribution in [0.5, 0.6) is 0 Å². The van der Waals surface area contributed by atoms with E-state index in [4.69, 9.17) is 0 Å². The third-order valence-corrected chi connectivity index (χ3v) is 4.19. The number of rotatable bonds is 2. The first-order valence-electron chi connectivity index (χ1n) is 6.07. The molecule has 0 aromatic heterocycles. The van der Waals surface area contributed by atoms with Crippen LogP contribution >= 0.6 is 0 Å². The summed E-state index contributed by atoms with van der Waals surface area (Å²) in [5.41, 5.74) is 0. The highest BCUT2D eigenvalue weighted by molar-refractivity contribution is 4.83. The summed E-state index contributed by atoms with van der Waals surface area (Å²) in [5.74, 6) is 2.16. The molecule has 2 fully saturated rings. The van der Waals surface area contributed by atoms with Gasteiger partial charge in [-0.3, -0.25) is 0 Å².